The molecule has 0 nitrogen and oxygen atoms in total. The zero-order valence-corrected chi connectivity index (χ0v) is 9.62. The van der Waals surface area contributed by atoms with Gasteiger partial charge in [-0.3, -0.25) is 0 Å². The van der Waals surface area contributed by atoms with E-state index in [2.05, 4.69) is 0 Å². The van der Waals surface area contributed by atoms with Gasteiger partial charge in [-0.25, -0.2) is 8.78 Å². The molecule has 0 aliphatic carbocycles. The summed E-state index contributed by atoms with van der Waals surface area (Å²) in [5.41, 5.74) is -0.0152. The third-order valence-corrected chi connectivity index (χ3v) is 1.73. The lowest BCUT2D eigenvalue weighted by Gasteiger charge is -2.20. The molecule has 80 valence electrons. The maximum atomic E-state index is 13.4. The Hall–Kier alpha value is -0.630. The molecular formula is C11H15ClF2. The van der Waals surface area contributed by atoms with Crippen LogP contribution in [0.15, 0.2) is 34.9 Å². The van der Waals surface area contributed by atoms with Gasteiger partial charge in [0.2, 0.25) is 0 Å². The van der Waals surface area contributed by atoms with Gasteiger partial charge < -0.3 is 0 Å². The summed E-state index contributed by atoms with van der Waals surface area (Å²) in [5, 5.41) is 0.470. The van der Waals surface area contributed by atoms with Crippen molar-refractivity contribution in [3.8, 4) is 0 Å². The van der Waals surface area contributed by atoms with E-state index in [0.717, 1.165) is 6.08 Å². The Morgan fingerprint density at radius 1 is 1.29 bits per heavy atom. The largest absolute Gasteiger partial charge is 0.215 e. The second-order valence-electron chi connectivity index (χ2n) is 4.04. The Morgan fingerprint density at radius 2 is 1.79 bits per heavy atom. The highest BCUT2D eigenvalue weighted by Gasteiger charge is 2.18. The van der Waals surface area contributed by atoms with Crippen LogP contribution < -0.4 is 0 Å². The maximum Gasteiger partial charge on any atom is 0.129 e. The first-order valence-electron chi connectivity index (χ1n) is 4.30. The SMILES string of the molecule is C\C(Cl)=C/C(=C(F)\C=C\F)C(C)(C)C. The van der Waals surface area contributed by atoms with E-state index in [0.29, 0.717) is 10.6 Å². The quantitative estimate of drug-likeness (QED) is 0.582. The predicted octanol–water partition coefficient (Wildman–Crippen LogP) is 4.88. The van der Waals surface area contributed by atoms with Crippen LogP contribution in [0, 0.1) is 5.41 Å². The van der Waals surface area contributed by atoms with E-state index in [9.17, 15) is 8.78 Å². The van der Waals surface area contributed by atoms with Gasteiger partial charge in [-0.05, 0) is 24.0 Å². The van der Waals surface area contributed by atoms with E-state index in [4.69, 9.17) is 11.6 Å². The maximum absolute atomic E-state index is 13.4. The second-order valence-corrected chi connectivity index (χ2v) is 4.63. The molecule has 3 heteroatoms. The van der Waals surface area contributed by atoms with Gasteiger partial charge in [0.1, 0.15) is 5.83 Å². The number of halogens is 3. The fourth-order valence-electron chi connectivity index (χ4n) is 0.988. The Labute approximate surface area is 89.0 Å². The van der Waals surface area contributed by atoms with Crippen molar-refractivity contribution in [1.29, 1.82) is 0 Å². The van der Waals surface area contributed by atoms with E-state index in [-0.39, 0.29) is 6.33 Å². The van der Waals surface area contributed by atoms with Crippen molar-refractivity contribution >= 4 is 11.6 Å². The van der Waals surface area contributed by atoms with Crippen LogP contribution in [-0.4, -0.2) is 0 Å². The summed E-state index contributed by atoms with van der Waals surface area (Å²) < 4.78 is 25.2. The molecule has 0 radical (unpaired) electrons. The summed E-state index contributed by atoms with van der Waals surface area (Å²) in [7, 11) is 0. The summed E-state index contributed by atoms with van der Waals surface area (Å²) in [6.07, 6.45) is 2.48. The van der Waals surface area contributed by atoms with Gasteiger partial charge in [0.25, 0.3) is 0 Å². The molecule has 0 unspecified atom stereocenters. The van der Waals surface area contributed by atoms with Crippen molar-refractivity contribution in [2.45, 2.75) is 27.7 Å². The first-order chi connectivity index (χ1) is 6.29. The summed E-state index contributed by atoms with van der Waals surface area (Å²) in [6, 6.07) is 0. The van der Waals surface area contributed by atoms with E-state index in [1.165, 1.54) is 6.08 Å². The van der Waals surface area contributed by atoms with Crippen molar-refractivity contribution in [3.63, 3.8) is 0 Å². The van der Waals surface area contributed by atoms with E-state index >= 15 is 0 Å². The molecule has 0 aliphatic rings. The van der Waals surface area contributed by atoms with Gasteiger partial charge in [-0.15, -0.1) is 0 Å². The Balaban J connectivity index is 5.32. The minimum atomic E-state index is -0.597. The summed E-state index contributed by atoms with van der Waals surface area (Å²) in [5.74, 6) is -0.597. The molecule has 0 spiro atoms. The van der Waals surface area contributed by atoms with Crippen LogP contribution in [0.3, 0.4) is 0 Å². The Bertz CT molecular complexity index is 276. The van der Waals surface area contributed by atoms with Crippen molar-refractivity contribution in [2.75, 3.05) is 0 Å². The summed E-state index contributed by atoms with van der Waals surface area (Å²) >= 11 is 5.67. The molecule has 0 bridgehead atoms. The first-order valence-corrected chi connectivity index (χ1v) is 4.67. The number of rotatable bonds is 2. The number of hydrogen-bond donors (Lipinski definition) is 0. The molecule has 0 amide bonds. The Kier molecular flexibility index (Phi) is 5.06. The fourth-order valence-corrected chi connectivity index (χ4v) is 1.10. The normalized spacial score (nSPS) is 16.1. The molecule has 0 aliphatic heterocycles. The van der Waals surface area contributed by atoms with Gasteiger partial charge in [0.15, 0.2) is 0 Å². The summed E-state index contributed by atoms with van der Waals surface area (Å²) in [6.45, 7) is 7.17. The fraction of sp³-hybridized carbons (Fsp3) is 0.455. The Morgan fingerprint density at radius 3 is 2.07 bits per heavy atom. The minimum absolute atomic E-state index is 0.179. The molecule has 0 aromatic heterocycles. The van der Waals surface area contributed by atoms with Crippen LogP contribution in [0.4, 0.5) is 8.78 Å². The lowest BCUT2D eigenvalue weighted by Crippen LogP contribution is -2.09. The highest BCUT2D eigenvalue weighted by molar-refractivity contribution is 6.29. The zero-order chi connectivity index (χ0) is 11.4. The van der Waals surface area contributed by atoms with Gasteiger partial charge in [-0.2, -0.15) is 0 Å². The van der Waals surface area contributed by atoms with E-state index in [1.807, 2.05) is 20.8 Å². The molecule has 0 saturated heterocycles. The van der Waals surface area contributed by atoms with E-state index < -0.39 is 11.2 Å². The van der Waals surface area contributed by atoms with E-state index in [1.54, 1.807) is 6.92 Å². The van der Waals surface area contributed by atoms with Crippen molar-refractivity contribution in [3.05, 3.63) is 34.9 Å². The van der Waals surface area contributed by atoms with Crippen molar-refractivity contribution in [2.24, 2.45) is 5.41 Å². The van der Waals surface area contributed by atoms with Crippen LogP contribution in [0.25, 0.3) is 0 Å². The number of hydrogen-bond acceptors (Lipinski definition) is 0. The molecule has 0 N–H and O–H groups in total. The van der Waals surface area contributed by atoms with Gasteiger partial charge in [0.05, 0.1) is 6.33 Å². The highest BCUT2D eigenvalue weighted by Crippen LogP contribution is 2.31. The third-order valence-electron chi connectivity index (χ3n) is 1.62. The van der Waals surface area contributed by atoms with Crippen LogP contribution in [-0.2, 0) is 0 Å². The van der Waals surface area contributed by atoms with Gasteiger partial charge in [0, 0.05) is 11.1 Å². The molecule has 0 heterocycles. The average Bonchev–Trinajstić information content (AvgIpc) is 1.98. The second kappa shape index (κ2) is 5.30. The molecule has 0 aromatic carbocycles. The van der Waals surface area contributed by atoms with Crippen LogP contribution in [0.2, 0.25) is 0 Å². The first kappa shape index (κ1) is 13.4. The molecule has 14 heavy (non-hydrogen) atoms. The molecule has 0 aromatic rings. The van der Waals surface area contributed by atoms with Crippen molar-refractivity contribution in [1.82, 2.24) is 0 Å². The van der Waals surface area contributed by atoms with Gasteiger partial charge >= 0.3 is 0 Å². The molecule has 0 rings (SSSR count). The molecular weight excluding hydrogens is 206 g/mol. The predicted molar refractivity (Wildman–Crippen MR) is 57.4 cm³/mol. The molecule has 0 fully saturated rings. The minimum Gasteiger partial charge on any atom is -0.215 e. The average molecular weight is 221 g/mol. The zero-order valence-electron chi connectivity index (χ0n) is 8.87. The molecule has 0 atom stereocenters. The standard InChI is InChI=1S/C11H15ClF2/c1-8(12)7-9(11(2,3)4)10(14)5-6-13/h5-7H,1-4H3/b6-5+,8-7+,10-9-. The highest BCUT2D eigenvalue weighted by atomic mass is 35.5. The third kappa shape index (κ3) is 4.56. The molecule has 0 saturated carbocycles. The van der Waals surface area contributed by atoms with Crippen LogP contribution in [0.5, 0.6) is 0 Å². The smallest absolute Gasteiger partial charge is 0.129 e. The van der Waals surface area contributed by atoms with Gasteiger partial charge in [-0.1, -0.05) is 32.4 Å². The van der Waals surface area contributed by atoms with Crippen LogP contribution in [0.1, 0.15) is 27.7 Å². The monoisotopic (exact) mass is 220 g/mol. The lowest BCUT2D eigenvalue weighted by atomic mass is 9.85. The lowest BCUT2D eigenvalue weighted by molar-refractivity contribution is 0.489. The number of allylic oxidation sites excluding steroid dienone is 5. The van der Waals surface area contributed by atoms with Crippen molar-refractivity contribution < 1.29 is 8.78 Å². The summed E-state index contributed by atoms with van der Waals surface area (Å²) in [4.78, 5) is 0. The van der Waals surface area contributed by atoms with Crippen LogP contribution >= 0.6 is 11.6 Å². The topological polar surface area (TPSA) is 0 Å².